The number of aliphatic imine (C=N–C) groups is 1. The van der Waals surface area contributed by atoms with E-state index in [0.29, 0.717) is 6.61 Å². The zero-order valence-electron chi connectivity index (χ0n) is 17.4. The largest absolute Gasteiger partial charge is 0.476 e. The van der Waals surface area contributed by atoms with Gasteiger partial charge in [-0.2, -0.15) is 0 Å². The van der Waals surface area contributed by atoms with Crippen LogP contribution in [-0.4, -0.2) is 52.6 Å². The van der Waals surface area contributed by atoms with Gasteiger partial charge in [-0.15, -0.1) is 0 Å². The second kappa shape index (κ2) is 7.08. The van der Waals surface area contributed by atoms with Crippen LogP contribution in [0.2, 0.25) is 0 Å². The Kier molecular flexibility index (Phi) is 4.96. The van der Waals surface area contributed by atoms with Gasteiger partial charge in [0.25, 0.3) is 6.02 Å². The minimum Gasteiger partial charge on any atom is -0.476 e. The lowest BCUT2D eigenvalue weighted by atomic mass is 9.45. The van der Waals surface area contributed by atoms with Gasteiger partial charge in [-0.25, -0.2) is 4.99 Å². The van der Waals surface area contributed by atoms with Crippen molar-refractivity contribution in [2.75, 3.05) is 13.7 Å². The summed E-state index contributed by atoms with van der Waals surface area (Å²) in [6.07, 6.45) is 4.70. The number of fused-ring (bicyclic) bond motifs is 3. The van der Waals surface area contributed by atoms with Crippen LogP contribution in [0, 0.1) is 5.41 Å². The molecule has 1 unspecified atom stereocenters. The molecular weight excluding hydrogens is 364 g/mol. The van der Waals surface area contributed by atoms with E-state index >= 15 is 0 Å². The summed E-state index contributed by atoms with van der Waals surface area (Å²) in [5.74, 6) is 0. The second-order valence-corrected chi connectivity index (χ2v) is 8.41. The van der Waals surface area contributed by atoms with E-state index in [1.54, 1.807) is 7.11 Å². The van der Waals surface area contributed by atoms with Crippen LogP contribution in [0.5, 0.6) is 0 Å². The Labute approximate surface area is 175 Å². The van der Waals surface area contributed by atoms with Gasteiger partial charge in [-0.05, 0) is 68.7 Å². The number of hydrogen-bond donors (Lipinski definition) is 1. The van der Waals surface area contributed by atoms with E-state index in [1.807, 2.05) is 13.8 Å². The molecule has 150 valence electrons. The molecule has 8 heteroatoms. The molecule has 1 atom stereocenters. The molecule has 1 aromatic rings. The van der Waals surface area contributed by atoms with Crippen molar-refractivity contribution < 1.29 is 14.3 Å². The summed E-state index contributed by atoms with van der Waals surface area (Å²) in [5, 5.41) is 2.65. The highest BCUT2D eigenvalue weighted by Crippen LogP contribution is 2.64. The highest BCUT2D eigenvalue weighted by Gasteiger charge is 2.67. The Hall–Kier alpha value is -1.95. The number of rotatable bonds is 4. The molecular formula is C21H27B2N3O3. The SMILES string of the molecule is [B]C1([B])OC(N)=NC12c1cc(/C(C)=N/OCC)ccc1CC21CCC(OC)CC1. The number of ether oxygens (including phenoxy) is 2. The first kappa shape index (κ1) is 20.3. The monoisotopic (exact) mass is 391 g/mol. The summed E-state index contributed by atoms with van der Waals surface area (Å²) < 4.78 is 11.3. The Morgan fingerprint density at radius 1 is 1.34 bits per heavy atom. The van der Waals surface area contributed by atoms with Crippen molar-refractivity contribution in [3.05, 3.63) is 34.9 Å². The summed E-state index contributed by atoms with van der Waals surface area (Å²) in [7, 11) is 14.9. The maximum atomic E-state index is 6.58. The van der Waals surface area contributed by atoms with Gasteiger partial charge >= 0.3 is 0 Å². The number of methoxy groups -OCH3 is 1. The average Bonchev–Trinajstić information content (AvgIpc) is 3.11. The topological polar surface area (TPSA) is 78.4 Å². The quantitative estimate of drug-likeness (QED) is 0.485. The van der Waals surface area contributed by atoms with Crippen LogP contribution in [-0.2, 0) is 26.3 Å². The molecule has 1 saturated carbocycles. The van der Waals surface area contributed by atoms with Crippen molar-refractivity contribution in [2.45, 2.75) is 63.0 Å². The fourth-order valence-electron chi connectivity index (χ4n) is 5.53. The third kappa shape index (κ3) is 2.90. The molecule has 4 radical (unpaired) electrons. The zero-order chi connectivity index (χ0) is 20.9. The number of amidine groups is 1. The predicted octanol–water partition coefficient (Wildman–Crippen LogP) is 2.11. The van der Waals surface area contributed by atoms with Crippen LogP contribution < -0.4 is 5.73 Å². The van der Waals surface area contributed by atoms with E-state index in [1.165, 1.54) is 5.56 Å². The lowest BCUT2D eigenvalue weighted by Crippen LogP contribution is -2.59. The number of oxime groups is 1. The molecule has 1 fully saturated rings. The molecule has 1 aliphatic heterocycles. The van der Waals surface area contributed by atoms with Crippen LogP contribution in [0.15, 0.2) is 28.3 Å². The molecule has 3 aliphatic rings. The van der Waals surface area contributed by atoms with Gasteiger partial charge in [-0.3, -0.25) is 0 Å². The standard InChI is InChI=1S/C21H27B2N3O3/c1-4-28-26-13(2)14-5-6-15-12-19(9-7-16(27-3)8-10-19)20(17(15)11-14)21(22,23)29-18(24)25-20/h5-6,11,16H,4,7-10,12H2,1-3H3,(H2,24,25)/b26-13+. The molecule has 0 amide bonds. The molecule has 2 N–H and O–H groups in total. The fourth-order valence-corrected chi connectivity index (χ4v) is 5.53. The third-order valence-corrected chi connectivity index (χ3v) is 6.88. The number of hydrogen-bond acceptors (Lipinski definition) is 6. The van der Waals surface area contributed by atoms with Crippen LogP contribution >= 0.6 is 0 Å². The normalized spacial score (nSPS) is 32.9. The van der Waals surface area contributed by atoms with Crippen LogP contribution in [0.25, 0.3) is 0 Å². The van der Waals surface area contributed by atoms with Crippen LogP contribution in [0.4, 0.5) is 0 Å². The Morgan fingerprint density at radius 2 is 2.07 bits per heavy atom. The summed E-state index contributed by atoms with van der Waals surface area (Å²) >= 11 is 0. The number of nitrogens with two attached hydrogens (primary N) is 1. The van der Waals surface area contributed by atoms with Crippen molar-refractivity contribution >= 4 is 27.4 Å². The smallest absolute Gasteiger partial charge is 0.281 e. The molecule has 1 aromatic carbocycles. The van der Waals surface area contributed by atoms with Gasteiger partial charge < -0.3 is 20.0 Å². The first-order valence-corrected chi connectivity index (χ1v) is 10.2. The van der Waals surface area contributed by atoms with Gasteiger partial charge in [0.15, 0.2) is 0 Å². The second-order valence-electron chi connectivity index (χ2n) is 8.41. The minimum atomic E-state index is -1.52. The molecule has 2 spiro atoms. The Balaban J connectivity index is 1.85. The number of nitrogens with zero attached hydrogens (tertiary/aromatic N) is 2. The molecule has 0 bridgehead atoms. The van der Waals surface area contributed by atoms with Crippen LogP contribution in [0.3, 0.4) is 0 Å². The van der Waals surface area contributed by atoms with Gasteiger partial charge in [0.05, 0.1) is 17.2 Å². The zero-order valence-corrected chi connectivity index (χ0v) is 17.4. The van der Waals surface area contributed by atoms with Gasteiger partial charge in [0, 0.05) is 12.5 Å². The summed E-state index contributed by atoms with van der Waals surface area (Å²) in [6.45, 7) is 4.33. The van der Waals surface area contributed by atoms with Crippen molar-refractivity contribution in [1.82, 2.24) is 0 Å². The highest BCUT2D eigenvalue weighted by atomic mass is 16.6. The van der Waals surface area contributed by atoms with E-state index < -0.39 is 10.9 Å². The van der Waals surface area contributed by atoms with Crippen LogP contribution in [0.1, 0.15) is 56.2 Å². The third-order valence-electron chi connectivity index (χ3n) is 6.88. The summed E-state index contributed by atoms with van der Waals surface area (Å²) in [4.78, 5) is 10.0. The minimum absolute atomic E-state index is 0.0428. The summed E-state index contributed by atoms with van der Waals surface area (Å²) in [6, 6.07) is 6.29. The van der Waals surface area contributed by atoms with Gasteiger partial charge in [0.1, 0.15) is 27.8 Å². The highest BCUT2D eigenvalue weighted by molar-refractivity contribution is 6.41. The molecule has 1 heterocycles. The van der Waals surface area contributed by atoms with E-state index in [4.69, 9.17) is 40.7 Å². The van der Waals surface area contributed by atoms with E-state index in [9.17, 15) is 0 Å². The maximum Gasteiger partial charge on any atom is 0.281 e. The molecule has 0 aromatic heterocycles. The molecule has 29 heavy (non-hydrogen) atoms. The van der Waals surface area contributed by atoms with E-state index in [-0.39, 0.29) is 17.5 Å². The lowest BCUT2D eigenvalue weighted by Gasteiger charge is -2.52. The van der Waals surface area contributed by atoms with Gasteiger partial charge in [-0.1, -0.05) is 17.3 Å². The lowest BCUT2D eigenvalue weighted by molar-refractivity contribution is -0.0256. The van der Waals surface area contributed by atoms with Crippen molar-refractivity contribution in [2.24, 2.45) is 21.3 Å². The first-order valence-electron chi connectivity index (χ1n) is 10.2. The fraction of sp³-hybridized carbons (Fsp3) is 0.619. The average molecular weight is 391 g/mol. The Bertz CT molecular complexity index is 863. The first-order chi connectivity index (χ1) is 13.8. The predicted molar refractivity (Wildman–Crippen MR) is 114 cm³/mol. The maximum absolute atomic E-state index is 6.58. The Morgan fingerprint density at radius 3 is 2.66 bits per heavy atom. The van der Waals surface area contributed by atoms with Gasteiger partial charge in [0.2, 0.25) is 0 Å². The number of benzene rings is 1. The summed E-state index contributed by atoms with van der Waals surface area (Å²) in [5.41, 5.74) is 8.69. The van der Waals surface area contributed by atoms with Crippen molar-refractivity contribution in [3.8, 4) is 0 Å². The molecule has 0 saturated heterocycles. The molecule has 2 aliphatic carbocycles. The van der Waals surface area contributed by atoms with Crippen molar-refractivity contribution in [3.63, 3.8) is 0 Å². The molecule has 4 rings (SSSR count). The molecule has 6 nitrogen and oxygen atoms in total. The van der Waals surface area contributed by atoms with Crippen molar-refractivity contribution in [1.29, 1.82) is 0 Å². The van der Waals surface area contributed by atoms with E-state index in [0.717, 1.165) is 48.9 Å². The van der Waals surface area contributed by atoms with E-state index in [2.05, 4.69) is 23.4 Å².